The molecule has 7 nitrogen and oxygen atoms in total. The van der Waals surface area contributed by atoms with Gasteiger partial charge in [0.05, 0.1) is 12.2 Å². The number of carbonyl (C=O) groups is 2. The lowest BCUT2D eigenvalue weighted by molar-refractivity contribution is 0.0574. The van der Waals surface area contributed by atoms with Gasteiger partial charge in [-0.2, -0.15) is 0 Å². The van der Waals surface area contributed by atoms with Crippen molar-refractivity contribution in [3.8, 4) is 5.75 Å². The van der Waals surface area contributed by atoms with E-state index in [1.54, 1.807) is 48.8 Å². The minimum atomic E-state index is -0.638. The Morgan fingerprint density at radius 1 is 1.14 bits per heavy atom. The first kappa shape index (κ1) is 27.5. The number of hydrogen-bond acceptors (Lipinski definition) is 5. The van der Waals surface area contributed by atoms with Gasteiger partial charge >= 0.3 is 6.09 Å². The molecule has 8 heteroatoms. The van der Waals surface area contributed by atoms with E-state index in [-0.39, 0.29) is 25.1 Å². The van der Waals surface area contributed by atoms with Gasteiger partial charge in [-0.05, 0) is 63.9 Å². The minimum absolute atomic E-state index is 0.0821. The number of nitrogens with zero attached hydrogens (tertiary/aromatic N) is 3. The lowest BCUT2D eigenvalue weighted by atomic mass is 9.93. The number of anilines is 1. The number of aromatic nitrogens is 1. The number of pyridine rings is 1. The van der Waals surface area contributed by atoms with Gasteiger partial charge in [0.15, 0.2) is 0 Å². The summed E-state index contributed by atoms with van der Waals surface area (Å²) in [6.07, 6.45) is 9.97. The van der Waals surface area contributed by atoms with Crippen molar-refractivity contribution in [2.45, 2.75) is 64.5 Å². The summed E-state index contributed by atoms with van der Waals surface area (Å²) in [7, 11) is 0. The highest BCUT2D eigenvalue weighted by atomic mass is 35.5. The van der Waals surface area contributed by atoms with E-state index >= 15 is 0 Å². The molecular formula is C28H36ClN3O4. The third-order valence-electron chi connectivity index (χ3n) is 5.89. The molecule has 1 aliphatic rings. The Morgan fingerprint density at radius 3 is 2.47 bits per heavy atom. The van der Waals surface area contributed by atoms with Crippen LogP contribution in [0.4, 0.5) is 10.5 Å². The highest BCUT2D eigenvalue weighted by molar-refractivity contribution is 6.31. The molecule has 1 saturated carbocycles. The molecule has 0 saturated heterocycles. The second-order valence-electron chi connectivity index (χ2n) is 9.90. The van der Waals surface area contributed by atoms with E-state index in [9.17, 15) is 9.59 Å². The van der Waals surface area contributed by atoms with Gasteiger partial charge in [0, 0.05) is 35.6 Å². The maximum Gasteiger partial charge on any atom is 0.414 e. The van der Waals surface area contributed by atoms with Gasteiger partial charge in [-0.25, -0.2) is 4.79 Å². The van der Waals surface area contributed by atoms with Crippen molar-refractivity contribution in [2.75, 3.05) is 24.6 Å². The summed E-state index contributed by atoms with van der Waals surface area (Å²) in [5, 5.41) is 0.413. The minimum Gasteiger partial charge on any atom is -0.492 e. The second kappa shape index (κ2) is 12.8. The summed E-state index contributed by atoms with van der Waals surface area (Å²) in [6.45, 7) is 10.2. The quantitative estimate of drug-likeness (QED) is 0.357. The zero-order valence-electron chi connectivity index (χ0n) is 21.4. The average molecular weight is 514 g/mol. The first-order valence-corrected chi connectivity index (χ1v) is 12.8. The zero-order chi connectivity index (χ0) is 26.1. The number of rotatable bonds is 9. The average Bonchev–Trinajstić information content (AvgIpc) is 2.84. The first-order valence-electron chi connectivity index (χ1n) is 12.4. The van der Waals surface area contributed by atoms with Crippen LogP contribution in [0.15, 0.2) is 55.4 Å². The molecule has 1 aromatic heterocycles. The van der Waals surface area contributed by atoms with Crippen molar-refractivity contribution >= 4 is 29.3 Å². The van der Waals surface area contributed by atoms with E-state index in [1.807, 2.05) is 25.7 Å². The standard InChI is InChI=1S/C28H36ClN3O4/c1-5-15-31(23-9-7-6-8-10-23)26(33)21-18-22(29)20-25(19-21)35-17-16-32(24-11-13-30-14-12-24)27(34)36-28(2,3)4/h5,11-14,18-20,23H,1,6-10,15-17H2,2-4H3. The highest BCUT2D eigenvalue weighted by Crippen LogP contribution is 2.27. The summed E-state index contributed by atoms with van der Waals surface area (Å²) in [6, 6.07) is 8.72. The molecule has 0 bridgehead atoms. The molecule has 3 rings (SSSR count). The monoisotopic (exact) mass is 513 g/mol. The summed E-state index contributed by atoms with van der Waals surface area (Å²) in [5.74, 6) is 0.383. The molecule has 2 amide bonds. The topological polar surface area (TPSA) is 72.0 Å². The third-order valence-corrected chi connectivity index (χ3v) is 6.11. The number of amides is 2. The van der Waals surface area contributed by atoms with E-state index in [2.05, 4.69) is 11.6 Å². The third kappa shape index (κ3) is 7.98. The zero-order valence-corrected chi connectivity index (χ0v) is 22.2. The SMILES string of the molecule is C=CCN(C(=O)c1cc(Cl)cc(OCCN(C(=O)OC(C)(C)C)c2ccncc2)c1)C1CCCCC1. The summed E-state index contributed by atoms with van der Waals surface area (Å²) < 4.78 is 11.5. The number of hydrogen-bond donors (Lipinski definition) is 0. The Labute approximate surface area is 219 Å². The van der Waals surface area contributed by atoms with Gasteiger partial charge in [-0.1, -0.05) is 36.9 Å². The smallest absolute Gasteiger partial charge is 0.414 e. The maximum atomic E-state index is 13.4. The highest BCUT2D eigenvalue weighted by Gasteiger charge is 2.26. The molecule has 0 unspecified atom stereocenters. The second-order valence-corrected chi connectivity index (χ2v) is 10.3. The normalized spacial score (nSPS) is 14.1. The van der Waals surface area contributed by atoms with Gasteiger partial charge in [0.25, 0.3) is 5.91 Å². The predicted octanol–water partition coefficient (Wildman–Crippen LogP) is 6.52. The van der Waals surface area contributed by atoms with Gasteiger partial charge in [-0.3, -0.25) is 14.7 Å². The van der Waals surface area contributed by atoms with Crippen molar-refractivity contribution in [1.82, 2.24) is 9.88 Å². The summed E-state index contributed by atoms with van der Waals surface area (Å²) >= 11 is 6.36. The van der Waals surface area contributed by atoms with Crippen LogP contribution in [0.5, 0.6) is 5.75 Å². The molecule has 0 N–H and O–H groups in total. The Hall–Kier alpha value is -3.06. The van der Waals surface area contributed by atoms with E-state index in [0.29, 0.717) is 28.6 Å². The molecule has 1 fully saturated rings. The van der Waals surface area contributed by atoms with Crippen LogP contribution < -0.4 is 9.64 Å². The maximum absolute atomic E-state index is 13.4. The van der Waals surface area contributed by atoms with Crippen LogP contribution in [-0.4, -0.2) is 53.2 Å². The molecule has 36 heavy (non-hydrogen) atoms. The molecule has 0 atom stereocenters. The Bertz CT molecular complexity index is 1030. The fraction of sp³-hybridized carbons (Fsp3) is 0.464. The van der Waals surface area contributed by atoms with Crippen molar-refractivity contribution in [2.24, 2.45) is 0 Å². The lowest BCUT2D eigenvalue weighted by Gasteiger charge is -2.34. The number of halogens is 1. The number of ether oxygens (including phenoxy) is 2. The van der Waals surface area contributed by atoms with Crippen LogP contribution >= 0.6 is 11.6 Å². The first-order chi connectivity index (χ1) is 17.2. The van der Waals surface area contributed by atoms with Crippen molar-refractivity contribution in [1.29, 1.82) is 0 Å². The van der Waals surface area contributed by atoms with E-state index in [4.69, 9.17) is 21.1 Å². The molecule has 194 valence electrons. The van der Waals surface area contributed by atoms with E-state index in [0.717, 1.165) is 25.7 Å². The van der Waals surface area contributed by atoms with Crippen LogP contribution in [0.1, 0.15) is 63.2 Å². The molecule has 2 aromatic rings. The molecule has 1 aromatic carbocycles. The van der Waals surface area contributed by atoms with Crippen LogP contribution in [0.3, 0.4) is 0 Å². The summed E-state index contributed by atoms with van der Waals surface area (Å²) in [4.78, 5) is 33.7. The molecule has 0 radical (unpaired) electrons. The molecular weight excluding hydrogens is 478 g/mol. The van der Waals surface area contributed by atoms with Crippen LogP contribution in [0.25, 0.3) is 0 Å². The van der Waals surface area contributed by atoms with Crippen LogP contribution in [0.2, 0.25) is 5.02 Å². The van der Waals surface area contributed by atoms with Crippen molar-refractivity contribution < 1.29 is 19.1 Å². The fourth-order valence-corrected chi connectivity index (χ4v) is 4.51. The van der Waals surface area contributed by atoms with Gasteiger partial charge < -0.3 is 14.4 Å². The fourth-order valence-electron chi connectivity index (χ4n) is 4.29. The van der Waals surface area contributed by atoms with Crippen molar-refractivity contribution in [3.63, 3.8) is 0 Å². The van der Waals surface area contributed by atoms with Crippen LogP contribution in [-0.2, 0) is 4.74 Å². The van der Waals surface area contributed by atoms with Gasteiger partial charge in [-0.15, -0.1) is 6.58 Å². The molecule has 0 aliphatic heterocycles. The van der Waals surface area contributed by atoms with Gasteiger partial charge in [0.1, 0.15) is 18.0 Å². The van der Waals surface area contributed by atoms with E-state index < -0.39 is 11.7 Å². The van der Waals surface area contributed by atoms with Crippen LogP contribution in [0, 0.1) is 0 Å². The molecule has 1 heterocycles. The molecule has 1 aliphatic carbocycles. The Morgan fingerprint density at radius 2 is 1.83 bits per heavy atom. The largest absolute Gasteiger partial charge is 0.492 e. The van der Waals surface area contributed by atoms with Gasteiger partial charge in [0.2, 0.25) is 0 Å². The Kier molecular flexibility index (Phi) is 9.76. The molecule has 0 spiro atoms. The van der Waals surface area contributed by atoms with Crippen molar-refractivity contribution in [3.05, 3.63) is 66.0 Å². The lowest BCUT2D eigenvalue weighted by Crippen LogP contribution is -2.41. The number of carbonyl (C=O) groups excluding carboxylic acids is 2. The van der Waals surface area contributed by atoms with E-state index in [1.165, 1.54) is 11.3 Å². The predicted molar refractivity (Wildman–Crippen MR) is 143 cm³/mol. The summed E-state index contributed by atoms with van der Waals surface area (Å²) in [5.41, 5.74) is 0.488. The Balaban J connectivity index is 1.72. The number of benzene rings is 1.